The third-order valence-corrected chi connectivity index (χ3v) is 4.93. The summed E-state index contributed by atoms with van der Waals surface area (Å²) >= 11 is 0. The number of carbonyl (C=O) groups is 1. The first-order valence-electron chi connectivity index (χ1n) is 8.36. The van der Waals surface area contributed by atoms with E-state index in [0.29, 0.717) is 6.42 Å². The summed E-state index contributed by atoms with van der Waals surface area (Å²) in [6.07, 6.45) is 5.10. The molecule has 0 bridgehead atoms. The average molecular weight is 323 g/mol. The fraction of sp³-hybridized carbons (Fsp3) is 0.368. The van der Waals surface area contributed by atoms with Crippen LogP contribution in [-0.4, -0.2) is 35.5 Å². The van der Waals surface area contributed by atoms with Crippen molar-refractivity contribution in [3.8, 4) is 5.75 Å². The summed E-state index contributed by atoms with van der Waals surface area (Å²) in [6, 6.07) is 10.4. The molecule has 0 saturated carbocycles. The largest absolute Gasteiger partial charge is 0.493 e. The smallest absolute Gasteiger partial charge is 0.224 e. The van der Waals surface area contributed by atoms with Gasteiger partial charge < -0.3 is 15.0 Å². The maximum atomic E-state index is 12.2. The summed E-state index contributed by atoms with van der Waals surface area (Å²) in [5, 5.41) is 3.57. The zero-order valence-corrected chi connectivity index (χ0v) is 13.7. The van der Waals surface area contributed by atoms with E-state index in [0.717, 1.165) is 30.9 Å². The lowest BCUT2D eigenvalue weighted by Crippen LogP contribution is -2.34. The molecule has 0 aliphatic carbocycles. The molecular formula is C19H21N3O2. The van der Waals surface area contributed by atoms with E-state index < -0.39 is 0 Å². The molecule has 1 N–H and O–H groups in total. The molecule has 0 spiro atoms. The first-order valence-corrected chi connectivity index (χ1v) is 8.36. The molecule has 3 heterocycles. The lowest BCUT2D eigenvalue weighted by atomic mass is 10.0. The second-order valence-electron chi connectivity index (χ2n) is 6.47. The van der Waals surface area contributed by atoms with Crippen LogP contribution in [0.2, 0.25) is 0 Å². The Morgan fingerprint density at radius 3 is 3.12 bits per heavy atom. The Hall–Kier alpha value is -2.40. The van der Waals surface area contributed by atoms with Crippen LogP contribution in [0.25, 0.3) is 0 Å². The van der Waals surface area contributed by atoms with Crippen molar-refractivity contribution in [1.29, 1.82) is 0 Å². The maximum absolute atomic E-state index is 12.2. The summed E-state index contributed by atoms with van der Waals surface area (Å²) in [5.41, 5.74) is 3.58. The van der Waals surface area contributed by atoms with E-state index in [4.69, 9.17) is 4.74 Å². The Kier molecular flexibility index (Phi) is 3.94. The monoisotopic (exact) mass is 323 g/mol. The number of fused-ring (bicyclic) bond motifs is 1. The molecule has 2 aromatic rings. The van der Waals surface area contributed by atoms with Crippen LogP contribution in [0.4, 0.5) is 0 Å². The van der Waals surface area contributed by atoms with Gasteiger partial charge in [0.25, 0.3) is 0 Å². The normalized spacial score (nSPS) is 22.5. The second kappa shape index (κ2) is 6.24. The highest BCUT2D eigenvalue weighted by molar-refractivity contribution is 5.80. The molecule has 1 aromatic heterocycles. The van der Waals surface area contributed by atoms with Gasteiger partial charge in [0.05, 0.1) is 12.6 Å². The van der Waals surface area contributed by atoms with Crippen molar-refractivity contribution in [1.82, 2.24) is 15.2 Å². The maximum Gasteiger partial charge on any atom is 0.224 e. The number of ether oxygens (including phenoxy) is 1. The topological polar surface area (TPSA) is 54.5 Å². The van der Waals surface area contributed by atoms with Gasteiger partial charge >= 0.3 is 0 Å². The Balaban J connectivity index is 1.49. The molecule has 2 aliphatic heterocycles. The second-order valence-corrected chi connectivity index (χ2v) is 6.47. The van der Waals surface area contributed by atoms with Crippen LogP contribution in [0.3, 0.4) is 0 Å². The quantitative estimate of drug-likeness (QED) is 0.936. The minimum absolute atomic E-state index is 0.0314. The van der Waals surface area contributed by atoms with Crippen LogP contribution >= 0.6 is 0 Å². The molecule has 2 aliphatic rings. The van der Waals surface area contributed by atoms with Crippen molar-refractivity contribution in [3.63, 3.8) is 0 Å². The van der Waals surface area contributed by atoms with Crippen LogP contribution < -0.4 is 10.1 Å². The summed E-state index contributed by atoms with van der Waals surface area (Å²) < 4.78 is 5.56. The van der Waals surface area contributed by atoms with Gasteiger partial charge in [-0.3, -0.25) is 9.78 Å². The fourth-order valence-electron chi connectivity index (χ4n) is 3.66. The van der Waals surface area contributed by atoms with Gasteiger partial charge in [-0.05, 0) is 28.8 Å². The zero-order chi connectivity index (χ0) is 16.5. The van der Waals surface area contributed by atoms with Crippen LogP contribution in [0, 0.1) is 0 Å². The number of hydrogen-bond donors (Lipinski definition) is 1. The SMILES string of the molecule is CN1C(=O)C[C@@H](NCc2ccc3c(c2)CCO3)[C@@H]1c1cccnc1. The summed E-state index contributed by atoms with van der Waals surface area (Å²) in [4.78, 5) is 18.2. The zero-order valence-electron chi connectivity index (χ0n) is 13.7. The Bertz CT molecular complexity index is 748. The third-order valence-electron chi connectivity index (χ3n) is 4.93. The van der Waals surface area contributed by atoms with Gasteiger partial charge in [0.1, 0.15) is 5.75 Å². The fourth-order valence-corrected chi connectivity index (χ4v) is 3.66. The Morgan fingerprint density at radius 2 is 2.29 bits per heavy atom. The number of rotatable bonds is 4. The number of amides is 1. The molecular weight excluding hydrogens is 302 g/mol. The molecule has 124 valence electrons. The first kappa shape index (κ1) is 15.1. The van der Waals surface area contributed by atoms with Gasteiger partial charge in [0.15, 0.2) is 0 Å². The van der Waals surface area contributed by atoms with Crippen molar-refractivity contribution >= 4 is 5.91 Å². The van der Waals surface area contributed by atoms with Crippen LogP contribution in [0.1, 0.15) is 29.2 Å². The Morgan fingerprint density at radius 1 is 1.38 bits per heavy atom. The number of likely N-dealkylation sites (tertiary alicyclic amines) is 1. The van der Waals surface area contributed by atoms with Crippen molar-refractivity contribution in [2.75, 3.05) is 13.7 Å². The number of nitrogens with zero attached hydrogens (tertiary/aromatic N) is 2. The average Bonchev–Trinajstić information content (AvgIpc) is 3.18. The number of carbonyl (C=O) groups excluding carboxylic acids is 1. The molecule has 1 fully saturated rings. The van der Waals surface area contributed by atoms with E-state index in [2.05, 4.69) is 22.4 Å². The summed E-state index contributed by atoms with van der Waals surface area (Å²) in [6.45, 7) is 1.52. The highest BCUT2D eigenvalue weighted by Gasteiger charge is 2.38. The van der Waals surface area contributed by atoms with Crippen LogP contribution in [-0.2, 0) is 17.8 Å². The Labute approximate surface area is 141 Å². The highest BCUT2D eigenvalue weighted by Crippen LogP contribution is 2.32. The van der Waals surface area contributed by atoms with Gasteiger partial charge in [-0.2, -0.15) is 0 Å². The van der Waals surface area contributed by atoms with Crippen molar-refractivity contribution < 1.29 is 9.53 Å². The summed E-state index contributed by atoms with van der Waals surface area (Å²) in [5.74, 6) is 1.17. The van der Waals surface area contributed by atoms with Gasteiger partial charge in [-0.15, -0.1) is 0 Å². The standard InChI is InChI=1S/C19H21N3O2/c1-22-18(23)10-16(19(22)15-3-2-7-20-12-15)21-11-13-4-5-17-14(9-13)6-8-24-17/h2-5,7,9,12,16,19,21H,6,8,10-11H2,1H3/t16-,19+/m1/s1. The molecule has 0 radical (unpaired) electrons. The number of pyridine rings is 1. The predicted molar refractivity (Wildman–Crippen MR) is 90.6 cm³/mol. The van der Waals surface area contributed by atoms with Crippen LogP contribution in [0.15, 0.2) is 42.7 Å². The molecule has 4 rings (SSSR count). The van der Waals surface area contributed by atoms with Crippen molar-refractivity contribution in [2.45, 2.75) is 31.5 Å². The molecule has 5 nitrogen and oxygen atoms in total. The molecule has 2 atom stereocenters. The van der Waals surface area contributed by atoms with Crippen molar-refractivity contribution in [2.24, 2.45) is 0 Å². The van der Waals surface area contributed by atoms with Crippen LogP contribution in [0.5, 0.6) is 5.75 Å². The van der Waals surface area contributed by atoms with Gasteiger partial charge in [-0.25, -0.2) is 0 Å². The summed E-state index contributed by atoms with van der Waals surface area (Å²) in [7, 11) is 1.87. The van der Waals surface area contributed by atoms with Gasteiger partial charge in [0, 0.05) is 44.9 Å². The van der Waals surface area contributed by atoms with E-state index in [-0.39, 0.29) is 18.0 Å². The molecule has 0 unspecified atom stereocenters. The van der Waals surface area contributed by atoms with E-state index in [9.17, 15) is 4.79 Å². The number of hydrogen-bond acceptors (Lipinski definition) is 4. The minimum Gasteiger partial charge on any atom is -0.493 e. The highest BCUT2D eigenvalue weighted by atomic mass is 16.5. The van der Waals surface area contributed by atoms with Gasteiger partial charge in [0.2, 0.25) is 5.91 Å². The van der Waals surface area contributed by atoms with Crippen molar-refractivity contribution in [3.05, 3.63) is 59.4 Å². The molecule has 1 saturated heterocycles. The lowest BCUT2D eigenvalue weighted by Gasteiger charge is -2.25. The number of aromatic nitrogens is 1. The van der Waals surface area contributed by atoms with E-state index in [1.807, 2.05) is 36.3 Å². The molecule has 24 heavy (non-hydrogen) atoms. The molecule has 5 heteroatoms. The van der Waals surface area contributed by atoms with E-state index in [1.165, 1.54) is 11.1 Å². The van der Waals surface area contributed by atoms with E-state index in [1.54, 1.807) is 6.20 Å². The number of nitrogens with one attached hydrogen (secondary N) is 1. The molecule has 1 aromatic carbocycles. The van der Waals surface area contributed by atoms with Gasteiger partial charge in [-0.1, -0.05) is 18.2 Å². The predicted octanol–water partition coefficient (Wildman–Crippen LogP) is 2.08. The third kappa shape index (κ3) is 2.76. The van der Waals surface area contributed by atoms with E-state index >= 15 is 0 Å². The number of likely N-dealkylation sites (N-methyl/N-ethyl adjacent to an activating group) is 1. The lowest BCUT2D eigenvalue weighted by molar-refractivity contribution is -0.127. The number of benzene rings is 1. The minimum atomic E-state index is 0.0314. The first-order chi connectivity index (χ1) is 11.7. The molecule has 1 amide bonds.